The third-order valence-corrected chi connectivity index (χ3v) is 4.80. The van der Waals surface area contributed by atoms with Crippen molar-refractivity contribution in [1.82, 2.24) is 10.2 Å². The Kier molecular flexibility index (Phi) is 5.81. The summed E-state index contributed by atoms with van der Waals surface area (Å²) in [7, 11) is 1.70. The summed E-state index contributed by atoms with van der Waals surface area (Å²) in [5.74, 6) is -0.140. The summed E-state index contributed by atoms with van der Waals surface area (Å²) in [6, 6.07) is 3.47. The van der Waals surface area contributed by atoms with Gasteiger partial charge in [0.15, 0.2) is 5.96 Å². The molecule has 1 saturated heterocycles. The zero-order chi connectivity index (χ0) is 15.8. The van der Waals surface area contributed by atoms with Gasteiger partial charge in [-0.15, -0.1) is 24.0 Å². The first-order valence-corrected chi connectivity index (χ1v) is 7.11. The van der Waals surface area contributed by atoms with Crippen LogP contribution in [-0.4, -0.2) is 30.0 Å². The molecule has 1 heterocycles. The smallest absolute Gasteiger partial charge is 0.194 e. The first-order valence-electron chi connectivity index (χ1n) is 7.11. The summed E-state index contributed by atoms with van der Waals surface area (Å²) in [4.78, 5) is 6.41. The Hall–Kier alpha value is -0.920. The number of hydrogen-bond acceptors (Lipinski definition) is 1. The molecule has 0 aliphatic carbocycles. The van der Waals surface area contributed by atoms with Gasteiger partial charge in [-0.1, -0.05) is 13.8 Å². The summed E-state index contributed by atoms with van der Waals surface area (Å²) in [5, 5.41) is 3.12. The van der Waals surface area contributed by atoms with Gasteiger partial charge in [0.25, 0.3) is 0 Å². The Labute approximate surface area is 148 Å². The summed E-state index contributed by atoms with van der Waals surface area (Å²) in [5.41, 5.74) is 0.457. The number of halogens is 3. The highest BCUT2D eigenvalue weighted by Crippen LogP contribution is 2.46. The third-order valence-electron chi connectivity index (χ3n) is 4.80. The molecule has 3 nitrogen and oxygen atoms in total. The molecular formula is C16H24F2IN3. The number of hydrogen-bond donors (Lipinski definition) is 1. The lowest BCUT2D eigenvalue weighted by Gasteiger charge is -2.62. The lowest BCUT2D eigenvalue weighted by molar-refractivity contribution is -0.0668. The standard InChI is InChI=1S/C16H23F2N3.HI/c1-15(2)10-21(16(15,3)4)14(19-5)20-9-11-8-12(17)6-7-13(11)18;/h6-8H,9-10H2,1-5H3,(H,19,20);1H. The average molecular weight is 423 g/mol. The van der Waals surface area contributed by atoms with Crippen LogP contribution < -0.4 is 5.32 Å². The van der Waals surface area contributed by atoms with Gasteiger partial charge in [0.05, 0.1) is 0 Å². The average Bonchev–Trinajstić information content (AvgIpc) is 2.41. The minimum atomic E-state index is -0.436. The highest BCUT2D eigenvalue weighted by molar-refractivity contribution is 14.0. The van der Waals surface area contributed by atoms with Gasteiger partial charge in [0, 0.05) is 36.7 Å². The van der Waals surface area contributed by atoms with Crippen LogP contribution in [0.15, 0.2) is 23.2 Å². The van der Waals surface area contributed by atoms with E-state index in [0.717, 1.165) is 18.7 Å². The van der Waals surface area contributed by atoms with Crippen molar-refractivity contribution in [3.63, 3.8) is 0 Å². The molecule has 0 saturated carbocycles. The third kappa shape index (κ3) is 3.36. The number of likely N-dealkylation sites (tertiary alicyclic amines) is 1. The Balaban J connectivity index is 0.00000242. The molecule has 0 radical (unpaired) electrons. The summed E-state index contributed by atoms with van der Waals surface area (Å²) >= 11 is 0. The minimum Gasteiger partial charge on any atom is -0.352 e. The van der Waals surface area contributed by atoms with Gasteiger partial charge in [-0.25, -0.2) is 8.78 Å². The van der Waals surface area contributed by atoms with Crippen LogP contribution in [0.4, 0.5) is 8.78 Å². The van der Waals surface area contributed by atoms with Crippen molar-refractivity contribution in [3.05, 3.63) is 35.4 Å². The van der Waals surface area contributed by atoms with E-state index in [1.165, 1.54) is 6.07 Å². The number of nitrogens with one attached hydrogen (secondary N) is 1. The molecule has 1 aromatic carbocycles. The predicted octanol–water partition coefficient (Wildman–Crippen LogP) is 3.78. The van der Waals surface area contributed by atoms with Crippen LogP contribution in [0.2, 0.25) is 0 Å². The lowest BCUT2D eigenvalue weighted by Crippen LogP contribution is -2.72. The molecule has 2 rings (SSSR count). The van der Waals surface area contributed by atoms with Crippen LogP contribution in [-0.2, 0) is 6.54 Å². The molecule has 1 aliphatic rings. The number of rotatable bonds is 2. The van der Waals surface area contributed by atoms with E-state index >= 15 is 0 Å². The van der Waals surface area contributed by atoms with Gasteiger partial charge in [-0.2, -0.15) is 0 Å². The highest BCUT2D eigenvalue weighted by Gasteiger charge is 2.53. The molecule has 1 aliphatic heterocycles. The van der Waals surface area contributed by atoms with E-state index in [-0.39, 0.29) is 41.5 Å². The first-order chi connectivity index (χ1) is 9.69. The second-order valence-corrected chi connectivity index (χ2v) is 6.67. The van der Waals surface area contributed by atoms with Crippen LogP contribution in [0, 0.1) is 17.0 Å². The summed E-state index contributed by atoms with van der Waals surface area (Å²) in [6.45, 7) is 9.83. The number of aliphatic imine (C=N–C) groups is 1. The van der Waals surface area contributed by atoms with Crippen molar-refractivity contribution in [1.29, 1.82) is 0 Å². The molecule has 0 spiro atoms. The van der Waals surface area contributed by atoms with Crippen LogP contribution in [0.5, 0.6) is 0 Å². The molecule has 1 fully saturated rings. The lowest BCUT2D eigenvalue weighted by atomic mass is 9.65. The predicted molar refractivity (Wildman–Crippen MR) is 96.5 cm³/mol. The number of benzene rings is 1. The van der Waals surface area contributed by atoms with Crippen LogP contribution in [0.25, 0.3) is 0 Å². The van der Waals surface area contributed by atoms with E-state index in [4.69, 9.17) is 0 Å². The molecule has 6 heteroatoms. The summed E-state index contributed by atoms with van der Waals surface area (Å²) in [6.07, 6.45) is 0. The zero-order valence-corrected chi connectivity index (χ0v) is 16.0. The maximum atomic E-state index is 13.6. The van der Waals surface area contributed by atoms with Crippen molar-refractivity contribution < 1.29 is 8.78 Å². The van der Waals surface area contributed by atoms with E-state index < -0.39 is 11.6 Å². The van der Waals surface area contributed by atoms with Crippen LogP contribution in [0.3, 0.4) is 0 Å². The fourth-order valence-electron chi connectivity index (χ4n) is 2.55. The maximum absolute atomic E-state index is 13.6. The monoisotopic (exact) mass is 423 g/mol. The molecule has 0 aromatic heterocycles. The van der Waals surface area contributed by atoms with Gasteiger partial charge >= 0.3 is 0 Å². The van der Waals surface area contributed by atoms with Gasteiger partial charge in [0.2, 0.25) is 0 Å². The Morgan fingerprint density at radius 3 is 2.41 bits per heavy atom. The molecule has 0 bridgehead atoms. The van der Waals surface area contributed by atoms with Crippen molar-refractivity contribution in [3.8, 4) is 0 Å². The van der Waals surface area contributed by atoms with E-state index in [0.29, 0.717) is 11.5 Å². The van der Waals surface area contributed by atoms with Gasteiger partial charge in [-0.3, -0.25) is 4.99 Å². The second-order valence-electron chi connectivity index (χ2n) is 6.67. The maximum Gasteiger partial charge on any atom is 0.194 e. The molecule has 0 atom stereocenters. The molecule has 22 heavy (non-hydrogen) atoms. The number of guanidine groups is 1. The largest absolute Gasteiger partial charge is 0.352 e. The van der Waals surface area contributed by atoms with E-state index in [9.17, 15) is 8.78 Å². The Morgan fingerprint density at radius 2 is 1.91 bits per heavy atom. The van der Waals surface area contributed by atoms with E-state index in [1.807, 2.05) is 0 Å². The van der Waals surface area contributed by atoms with Gasteiger partial charge < -0.3 is 10.2 Å². The van der Waals surface area contributed by atoms with Crippen LogP contribution in [0.1, 0.15) is 33.3 Å². The highest BCUT2D eigenvalue weighted by atomic mass is 127. The zero-order valence-electron chi connectivity index (χ0n) is 13.7. The van der Waals surface area contributed by atoms with Crippen molar-refractivity contribution in [2.45, 2.75) is 39.8 Å². The minimum absolute atomic E-state index is 0. The molecule has 124 valence electrons. The fraction of sp³-hybridized carbons (Fsp3) is 0.562. The van der Waals surface area contributed by atoms with Crippen molar-refractivity contribution in [2.24, 2.45) is 10.4 Å². The van der Waals surface area contributed by atoms with Crippen LogP contribution >= 0.6 is 24.0 Å². The fourth-order valence-corrected chi connectivity index (χ4v) is 2.55. The second kappa shape index (κ2) is 6.68. The van der Waals surface area contributed by atoms with Crippen molar-refractivity contribution in [2.75, 3.05) is 13.6 Å². The normalized spacial score (nSPS) is 19.2. The molecule has 0 unspecified atom stereocenters. The van der Waals surface area contributed by atoms with E-state index in [2.05, 4.69) is 42.9 Å². The van der Waals surface area contributed by atoms with Crippen molar-refractivity contribution >= 4 is 29.9 Å². The quantitative estimate of drug-likeness (QED) is 0.446. The Bertz CT molecular complexity index is 571. The Morgan fingerprint density at radius 1 is 1.27 bits per heavy atom. The van der Waals surface area contributed by atoms with E-state index in [1.54, 1.807) is 7.05 Å². The number of nitrogens with zero attached hydrogens (tertiary/aromatic N) is 2. The van der Waals surface area contributed by atoms with Gasteiger partial charge in [0.1, 0.15) is 11.6 Å². The molecule has 1 N–H and O–H groups in total. The summed E-state index contributed by atoms with van der Waals surface area (Å²) < 4.78 is 26.8. The first kappa shape index (κ1) is 19.1. The topological polar surface area (TPSA) is 27.6 Å². The molecular weight excluding hydrogens is 399 g/mol. The molecule has 0 amide bonds. The van der Waals surface area contributed by atoms with Gasteiger partial charge in [-0.05, 0) is 32.0 Å². The molecule has 1 aromatic rings. The SMILES string of the molecule is CN=C(NCc1cc(F)ccc1F)N1CC(C)(C)C1(C)C.I.